The fourth-order valence-corrected chi connectivity index (χ4v) is 3.37. The summed E-state index contributed by atoms with van der Waals surface area (Å²) in [5.41, 5.74) is 1.96. The molecule has 0 spiro atoms. The van der Waals surface area contributed by atoms with E-state index >= 15 is 0 Å². The van der Waals surface area contributed by atoms with Crippen LogP contribution in [0.15, 0.2) is 30.5 Å². The maximum absolute atomic E-state index is 12.4. The van der Waals surface area contributed by atoms with Crippen LogP contribution in [0.25, 0.3) is 22.3 Å². The minimum Gasteiger partial charge on any atom is -0.480 e. The summed E-state index contributed by atoms with van der Waals surface area (Å²) in [5, 5.41) is 10.6. The highest BCUT2D eigenvalue weighted by molar-refractivity contribution is 6.34. The van der Waals surface area contributed by atoms with Crippen LogP contribution in [0, 0.1) is 0 Å². The molecular weight excluding hydrogens is 383 g/mol. The summed E-state index contributed by atoms with van der Waals surface area (Å²) in [5.74, 6) is -0.330. The number of fused-ring (bicyclic) bond motifs is 1. The molecule has 0 unspecified atom stereocenters. The molecule has 3 rings (SSSR count). The highest BCUT2D eigenvalue weighted by Gasteiger charge is 2.31. The van der Waals surface area contributed by atoms with Gasteiger partial charge in [-0.05, 0) is 30.5 Å². The van der Waals surface area contributed by atoms with E-state index in [1.54, 1.807) is 4.57 Å². The molecule has 0 amide bonds. The lowest BCUT2D eigenvalue weighted by Crippen LogP contribution is -2.16. The van der Waals surface area contributed by atoms with Crippen LogP contribution in [0.4, 0.5) is 13.2 Å². The van der Waals surface area contributed by atoms with Gasteiger partial charge >= 0.3 is 6.36 Å². The quantitative estimate of drug-likeness (QED) is 0.596. The van der Waals surface area contributed by atoms with Crippen LogP contribution in [0.5, 0.6) is 11.8 Å². The molecule has 2 heterocycles. The highest BCUT2D eigenvalue weighted by Crippen LogP contribution is 2.39. The van der Waals surface area contributed by atoms with E-state index in [4.69, 9.17) is 11.6 Å². The van der Waals surface area contributed by atoms with E-state index in [0.717, 1.165) is 12.8 Å². The average molecular weight is 400 g/mol. The van der Waals surface area contributed by atoms with Gasteiger partial charge in [-0.25, -0.2) is 4.98 Å². The fourth-order valence-electron chi connectivity index (χ4n) is 3.12. The second kappa shape index (κ2) is 7.26. The van der Waals surface area contributed by atoms with E-state index < -0.39 is 6.36 Å². The van der Waals surface area contributed by atoms with Gasteiger partial charge in [0.15, 0.2) is 5.65 Å². The van der Waals surface area contributed by atoms with Gasteiger partial charge in [-0.15, -0.1) is 13.2 Å². The molecule has 1 N–H and O–H groups in total. The number of nitrogens with zero attached hydrogens (tertiary/aromatic N) is 3. The molecular formula is C18H17ClF3N3O2. The number of aromatic nitrogens is 3. The minimum atomic E-state index is -4.76. The van der Waals surface area contributed by atoms with Crippen molar-refractivity contribution in [2.24, 2.45) is 0 Å². The van der Waals surface area contributed by atoms with Gasteiger partial charge in [0.1, 0.15) is 11.3 Å². The molecule has 0 saturated carbocycles. The molecule has 2 aromatic heterocycles. The van der Waals surface area contributed by atoms with Gasteiger partial charge in [0, 0.05) is 17.8 Å². The predicted octanol–water partition coefficient (Wildman–Crippen LogP) is 5.72. The Morgan fingerprint density at radius 2 is 1.81 bits per heavy atom. The van der Waals surface area contributed by atoms with Crippen LogP contribution in [0.3, 0.4) is 0 Å². The first kappa shape index (κ1) is 19.3. The first-order valence-corrected chi connectivity index (χ1v) is 8.74. The Balaban J connectivity index is 2.17. The number of alkyl halides is 3. The van der Waals surface area contributed by atoms with E-state index in [0.29, 0.717) is 27.3 Å². The Labute approximate surface area is 158 Å². The number of imidazole rings is 1. The van der Waals surface area contributed by atoms with Crippen molar-refractivity contribution < 1.29 is 23.0 Å². The zero-order chi connectivity index (χ0) is 19.8. The number of ether oxygens (including phenoxy) is 1. The van der Waals surface area contributed by atoms with E-state index in [-0.39, 0.29) is 17.8 Å². The summed E-state index contributed by atoms with van der Waals surface area (Å²) in [7, 11) is 0. The Bertz CT molecular complexity index is 951. The molecule has 5 nitrogen and oxygen atoms in total. The first-order valence-electron chi connectivity index (χ1n) is 8.36. The van der Waals surface area contributed by atoms with Crippen molar-refractivity contribution in [2.75, 3.05) is 0 Å². The lowest BCUT2D eigenvalue weighted by molar-refractivity contribution is -0.274. The Kier molecular flexibility index (Phi) is 5.19. The molecule has 27 heavy (non-hydrogen) atoms. The third kappa shape index (κ3) is 3.80. The lowest BCUT2D eigenvalue weighted by atomic mass is 10.0. The summed E-state index contributed by atoms with van der Waals surface area (Å²) >= 11 is 6.36. The van der Waals surface area contributed by atoms with Gasteiger partial charge in [-0.1, -0.05) is 37.6 Å². The number of hydrogen-bond acceptors (Lipinski definition) is 4. The topological polar surface area (TPSA) is 60.2 Å². The van der Waals surface area contributed by atoms with E-state index in [9.17, 15) is 18.3 Å². The van der Waals surface area contributed by atoms with Crippen molar-refractivity contribution in [1.29, 1.82) is 0 Å². The summed E-state index contributed by atoms with van der Waals surface area (Å²) in [6.07, 6.45) is -1.86. The van der Waals surface area contributed by atoms with Crippen LogP contribution < -0.4 is 4.74 Å². The van der Waals surface area contributed by atoms with Crippen molar-refractivity contribution in [3.63, 3.8) is 0 Å². The van der Waals surface area contributed by atoms with Crippen molar-refractivity contribution in [3.8, 4) is 22.9 Å². The van der Waals surface area contributed by atoms with Gasteiger partial charge in [0.05, 0.1) is 5.02 Å². The van der Waals surface area contributed by atoms with Crippen molar-refractivity contribution >= 4 is 22.8 Å². The second-order valence-electron chi connectivity index (χ2n) is 5.98. The van der Waals surface area contributed by atoms with E-state index in [2.05, 4.69) is 14.7 Å². The van der Waals surface area contributed by atoms with Crippen LogP contribution in [-0.2, 0) is 0 Å². The molecule has 0 bridgehead atoms. The van der Waals surface area contributed by atoms with E-state index in [1.807, 2.05) is 13.8 Å². The monoisotopic (exact) mass is 399 g/mol. The third-order valence-electron chi connectivity index (χ3n) is 4.33. The van der Waals surface area contributed by atoms with Gasteiger partial charge in [0.25, 0.3) is 6.01 Å². The molecule has 0 saturated heterocycles. The standard InChI is InChI=1S/C18H17ClF3N3O2/c1-3-11(4-2)25-15-14(13(19)9-23-16(15)24-17(25)26)10-5-7-12(8-6-10)27-18(20,21)22/h5-9,11H,3-4H2,1-2H3,(H,23,24,26). The molecule has 0 aliphatic carbocycles. The fraction of sp³-hybridized carbons (Fsp3) is 0.333. The lowest BCUT2D eigenvalue weighted by Gasteiger charge is -2.18. The van der Waals surface area contributed by atoms with Crippen LogP contribution in [-0.4, -0.2) is 26.0 Å². The minimum absolute atomic E-state index is 0.0261. The summed E-state index contributed by atoms with van der Waals surface area (Å²) in [4.78, 5) is 8.27. The average Bonchev–Trinajstić information content (AvgIpc) is 2.92. The summed E-state index contributed by atoms with van der Waals surface area (Å²) < 4.78 is 42.7. The van der Waals surface area contributed by atoms with Crippen molar-refractivity contribution in [1.82, 2.24) is 14.5 Å². The Morgan fingerprint density at radius 1 is 1.19 bits per heavy atom. The highest BCUT2D eigenvalue weighted by atomic mass is 35.5. The smallest absolute Gasteiger partial charge is 0.480 e. The molecule has 0 radical (unpaired) electrons. The maximum atomic E-state index is 12.4. The van der Waals surface area contributed by atoms with Gasteiger partial charge < -0.3 is 9.84 Å². The number of benzene rings is 1. The zero-order valence-electron chi connectivity index (χ0n) is 14.6. The molecule has 0 fully saturated rings. The van der Waals surface area contributed by atoms with Gasteiger partial charge in [0.2, 0.25) is 0 Å². The maximum Gasteiger partial charge on any atom is 0.573 e. The summed E-state index contributed by atoms with van der Waals surface area (Å²) in [6, 6.07) is 5.17. The van der Waals surface area contributed by atoms with Gasteiger partial charge in [-0.2, -0.15) is 4.98 Å². The normalized spacial score (nSPS) is 12.1. The Hall–Kier alpha value is -2.48. The SMILES string of the molecule is CCC(CC)n1c(O)nc2ncc(Cl)c(-c3ccc(OC(F)(F)F)cc3)c21. The van der Waals surface area contributed by atoms with E-state index in [1.165, 1.54) is 30.5 Å². The van der Waals surface area contributed by atoms with Crippen LogP contribution in [0.1, 0.15) is 32.7 Å². The molecule has 144 valence electrons. The molecule has 3 aromatic rings. The number of halogens is 4. The Morgan fingerprint density at radius 3 is 2.37 bits per heavy atom. The second-order valence-corrected chi connectivity index (χ2v) is 6.38. The van der Waals surface area contributed by atoms with Crippen molar-refractivity contribution in [2.45, 2.75) is 39.1 Å². The number of rotatable bonds is 5. The van der Waals surface area contributed by atoms with Crippen LogP contribution in [0.2, 0.25) is 5.02 Å². The molecule has 1 aromatic carbocycles. The predicted molar refractivity (Wildman–Crippen MR) is 95.9 cm³/mol. The number of hydrogen-bond donors (Lipinski definition) is 1. The molecule has 0 atom stereocenters. The number of aromatic hydroxyl groups is 1. The zero-order valence-corrected chi connectivity index (χ0v) is 15.3. The first-order chi connectivity index (χ1) is 12.7. The molecule has 0 aliphatic rings. The summed E-state index contributed by atoms with van der Waals surface area (Å²) in [6.45, 7) is 3.97. The van der Waals surface area contributed by atoms with Crippen LogP contribution >= 0.6 is 11.6 Å². The molecule has 0 aliphatic heterocycles. The largest absolute Gasteiger partial charge is 0.573 e. The number of pyridine rings is 1. The third-order valence-corrected chi connectivity index (χ3v) is 4.62. The van der Waals surface area contributed by atoms with Gasteiger partial charge in [-0.3, -0.25) is 4.57 Å². The van der Waals surface area contributed by atoms with Crippen molar-refractivity contribution in [3.05, 3.63) is 35.5 Å². The molecule has 9 heteroatoms.